The Morgan fingerprint density at radius 2 is 1.90 bits per heavy atom. The standard InChI is InChI=1S/C16H16Br2N2/c17-11-5-6-16(20-9-11)13-7-8-19-10-14(13)12-3-1-2-4-15(12)18/h1-6,9,13-14,19H,7-8,10H2. The monoisotopic (exact) mass is 394 g/mol. The topological polar surface area (TPSA) is 24.9 Å². The SMILES string of the molecule is Brc1ccc(C2CCNCC2c2ccccc2Br)nc1. The highest BCUT2D eigenvalue weighted by Crippen LogP contribution is 2.39. The zero-order valence-electron chi connectivity index (χ0n) is 11.0. The summed E-state index contributed by atoms with van der Waals surface area (Å²) in [7, 11) is 0. The van der Waals surface area contributed by atoms with E-state index in [4.69, 9.17) is 0 Å². The second-order valence-electron chi connectivity index (χ2n) is 5.13. The van der Waals surface area contributed by atoms with Crippen molar-refractivity contribution in [1.29, 1.82) is 0 Å². The average Bonchev–Trinajstić information content (AvgIpc) is 2.49. The first-order valence-electron chi connectivity index (χ1n) is 6.82. The lowest BCUT2D eigenvalue weighted by atomic mass is 9.79. The number of piperidine rings is 1. The molecule has 2 nitrogen and oxygen atoms in total. The lowest BCUT2D eigenvalue weighted by Crippen LogP contribution is -2.34. The summed E-state index contributed by atoms with van der Waals surface area (Å²) in [6, 6.07) is 12.7. The summed E-state index contributed by atoms with van der Waals surface area (Å²) in [5, 5.41) is 3.51. The van der Waals surface area contributed by atoms with Crippen molar-refractivity contribution in [1.82, 2.24) is 10.3 Å². The Labute approximate surface area is 136 Å². The summed E-state index contributed by atoms with van der Waals surface area (Å²) in [6.07, 6.45) is 3.02. The van der Waals surface area contributed by atoms with Gasteiger partial charge < -0.3 is 5.32 Å². The molecule has 1 aromatic heterocycles. The van der Waals surface area contributed by atoms with Gasteiger partial charge >= 0.3 is 0 Å². The average molecular weight is 396 g/mol. The molecule has 0 amide bonds. The Bertz CT molecular complexity index is 583. The van der Waals surface area contributed by atoms with Crippen LogP contribution in [0, 0.1) is 0 Å². The first-order chi connectivity index (χ1) is 9.75. The number of aromatic nitrogens is 1. The normalized spacial score (nSPS) is 22.7. The Hall–Kier alpha value is -0.710. The van der Waals surface area contributed by atoms with E-state index in [1.807, 2.05) is 6.20 Å². The fraction of sp³-hybridized carbons (Fsp3) is 0.312. The van der Waals surface area contributed by atoms with E-state index in [1.54, 1.807) is 0 Å². The molecule has 0 spiro atoms. The Kier molecular flexibility index (Phi) is 4.54. The number of nitrogens with zero attached hydrogens (tertiary/aromatic N) is 1. The van der Waals surface area contributed by atoms with Crippen molar-refractivity contribution >= 4 is 31.9 Å². The van der Waals surface area contributed by atoms with E-state index >= 15 is 0 Å². The molecule has 1 fully saturated rings. The molecule has 3 rings (SSSR count). The van der Waals surface area contributed by atoms with Crippen molar-refractivity contribution in [2.75, 3.05) is 13.1 Å². The quantitative estimate of drug-likeness (QED) is 0.811. The smallest absolute Gasteiger partial charge is 0.0442 e. The van der Waals surface area contributed by atoms with Crippen LogP contribution in [0.5, 0.6) is 0 Å². The number of halogens is 2. The van der Waals surface area contributed by atoms with Crippen LogP contribution in [0.3, 0.4) is 0 Å². The molecule has 104 valence electrons. The first kappa shape index (κ1) is 14.2. The highest BCUT2D eigenvalue weighted by molar-refractivity contribution is 9.10. The number of hydrogen-bond donors (Lipinski definition) is 1. The molecule has 0 aliphatic carbocycles. The molecule has 1 aromatic carbocycles. The Morgan fingerprint density at radius 1 is 1.05 bits per heavy atom. The van der Waals surface area contributed by atoms with Gasteiger partial charge in [0.1, 0.15) is 0 Å². The van der Waals surface area contributed by atoms with Crippen molar-refractivity contribution < 1.29 is 0 Å². The van der Waals surface area contributed by atoms with Crippen LogP contribution in [-0.2, 0) is 0 Å². The van der Waals surface area contributed by atoms with Crippen LogP contribution in [0.4, 0.5) is 0 Å². The Balaban J connectivity index is 1.95. The van der Waals surface area contributed by atoms with Crippen LogP contribution < -0.4 is 5.32 Å². The molecule has 0 radical (unpaired) electrons. The van der Waals surface area contributed by atoms with Crippen molar-refractivity contribution in [3.8, 4) is 0 Å². The second-order valence-corrected chi connectivity index (χ2v) is 6.90. The number of rotatable bonds is 2. The molecule has 2 atom stereocenters. The van der Waals surface area contributed by atoms with Gasteiger partial charge in [0.05, 0.1) is 0 Å². The van der Waals surface area contributed by atoms with Gasteiger partial charge in [0, 0.05) is 39.2 Å². The van der Waals surface area contributed by atoms with Gasteiger partial charge in [-0.1, -0.05) is 34.1 Å². The molecule has 20 heavy (non-hydrogen) atoms. The van der Waals surface area contributed by atoms with Gasteiger partial charge in [0.25, 0.3) is 0 Å². The van der Waals surface area contributed by atoms with Gasteiger partial charge in [-0.2, -0.15) is 0 Å². The van der Waals surface area contributed by atoms with Crippen molar-refractivity contribution in [3.63, 3.8) is 0 Å². The predicted octanol–water partition coefficient (Wildman–Crippen LogP) is 4.47. The molecule has 2 aromatic rings. The highest BCUT2D eigenvalue weighted by Gasteiger charge is 2.29. The number of benzene rings is 1. The van der Waals surface area contributed by atoms with Gasteiger partial charge in [-0.05, 0) is 52.7 Å². The third kappa shape index (κ3) is 2.97. The van der Waals surface area contributed by atoms with Crippen LogP contribution in [0.2, 0.25) is 0 Å². The predicted molar refractivity (Wildman–Crippen MR) is 89.0 cm³/mol. The molecule has 0 bridgehead atoms. The molecule has 1 N–H and O–H groups in total. The van der Waals surface area contributed by atoms with E-state index in [0.29, 0.717) is 11.8 Å². The van der Waals surface area contributed by atoms with E-state index in [2.05, 4.69) is 78.6 Å². The van der Waals surface area contributed by atoms with Gasteiger partial charge in [-0.3, -0.25) is 4.98 Å². The summed E-state index contributed by atoms with van der Waals surface area (Å²) >= 11 is 7.15. The van der Waals surface area contributed by atoms with Gasteiger partial charge in [0.15, 0.2) is 0 Å². The highest BCUT2D eigenvalue weighted by atomic mass is 79.9. The molecule has 2 heterocycles. The van der Waals surface area contributed by atoms with E-state index in [9.17, 15) is 0 Å². The second kappa shape index (κ2) is 6.37. The molecule has 1 saturated heterocycles. The maximum Gasteiger partial charge on any atom is 0.0442 e. The maximum absolute atomic E-state index is 4.62. The van der Waals surface area contributed by atoms with Gasteiger partial charge in [-0.25, -0.2) is 0 Å². The van der Waals surface area contributed by atoms with Crippen molar-refractivity contribution in [2.24, 2.45) is 0 Å². The molecular weight excluding hydrogens is 380 g/mol. The maximum atomic E-state index is 4.62. The third-order valence-electron chi connectivity index (χ3n) is 3.92. The van der Waals surface area contributed by atoms with Crippen molar-refractivity contribution in [3.05, 3.63) is 62.8 Å². The molecule has 0 saturated carbocycles. The van der Waals surface area contributed by atoms with E-state index in [-0.39, 0.29) is 0 Å². The lowest BCUT2D eigenvalue weighted by Gasteiger charge is -2.32. The number of pyridine rings is 1. The third-order valence-corrected chi connectivity index (χ3v) is 5.11. The first-order valence-corrected chi connectivity index (χ1v) is 8.41. The van der Waals surface area contributed by atoms with Crippen LogP contribution in [0.15, 0.2) is 51.5 Å². The minimum atomic E-state index is 0.466. The fourth-order valence-electron chi connectivity index (χ4n) is 2.92. The molecule has 1 aliphatic rings. The Morgan fingerprint density at radius 3 is 2.65 bits per heavy atom. The molecule has 4 heteroatoms. The summed E-state index contributed by atoms with van der Waals surface area (Å²) in [5.74, 6) is 0.941. The minimum absolute atomic E-state index is 0.466. The van der Waals surface area contributed by atoms with Crippen LogP contribution in [-0.4, -0.2) is 18.1 Å². The van der Waals surface area contributed by atoms with E-state index in [0.717, 1.165) is 24.0 Å². The van der Waals surface area contributed by atoms with Gasteiger partial charge in [0.2, 0.25) is 0 Å². The summed E-state index contributed by atoms with van der Waals surface area (Å²) < 4.78 is 2.23. The minimum Gasteiger partial charge on any atom is -0.316 e. The lowest BCUT2D eigenvalue weighted by molar-refractivity contribution is 0.397. The largest absolute Gasteiger partial charge is 0.316 e. The molecular formula is C16H16Br2N2. The summed E-state index contributed by atoms with van der Waals surface area (Å²) in [6.45, 7) is 2.06. The van der Waals surface area contributed by atoms with Crippen molar-refractivity contribution in [2.45, 2.75) is 18.3 Å². The molecule has 2 unspecified atom stereocenters. The van der Waals surface area contributed by atoms with E-state index in [1.165, 1.54) is 15.7 Å². The zero-order valence-corrected chi connectivity index (χ0v) is 14.2. The van der Waals surface area contributed by atoms with Gasteiger partial charge in [-0.15, -0.1) is 0 Å². The number of hydrogen-bond acceptors (Lipinski definition) is 2. The summed E-state index contributed by atoms with van der Waals surface area (Å²) in [5.41, 5.74) is 2.56. The zero-order chi connectivity index (χ0) is 13.9. The fourth-order valence-corrected chi connectivity index (χ4v) is 3.74. The summed E-state index contributed by atoms with van der Waals surface area (Å²) in [4.78, 5) is 4.62. The molecule has 1 aliphatic heterocycles. The van der Waals surface area contributed by atoms with Crippen LogP contribution in [0.1, 0.15) is 29.5 Å². The van der Waals surface area contributed by atoms with E-state index < -0.39 is 0 Å². The van der Waals surface area contributed by atoms with Crippen LogP contribution >= 0.6 is 31.9 Å². The number of nitrogens with one attached hydrogen (secondary N) is 1. The van der Waals surface area contributed by atoms with Crippen LogP contribution in [0.25, 0.3) is 0 Å².